The van der Waals surface area contributed by atoms with Crippen LogP contribution in [-0.4, -0.2) is 23.0 Å². The van der Waals surface area contributed by atoms with Gasteiger partial charge in [-0.05, 0) is 50.3 Å². The van der Waals surface area contributed by atoms with Gasteiger partial charge in [-0.15, -0.1) is 0 Å². The van der Waals surface area contributed by atoms with Gasteiger partial charge >= 0.3 is 0 Å². The minimum atomic E-state index is 0.462. The fraction of sp³-hybridized carbons (Fsp3) is 0.667. The molecule has 4 heteroatoms. The van der Waals surface area contributed by atoms with Crippen molar-refractivity contribution in [3.63, 3.8) is 0 Å². The van der Waals surface area contributed by atoms with Crippen molar-refractivity contribution in [2.24, 2.45) is 11.8 Å². The molecule has 106 valence electrons. The number of rotatable bonds is 3. The topological polar surface area (TPSA) is 16.1 Å². The summed E-state index contributed by atoms with van der Waals surface area (Å²) in [7, 11) is 0. The van der Waals surface area contributed by atoms with Gasteiger partial charge in [0.05, 0.1) is 0 Å². The number of pyridine rings is 1. The van der Waals surface area contributed by atoms with Gasteiger partial charge in [0.2, 0.25) is 0 Å². The summed E-state index contributed by atoms with van der Waals surface area (Å²) < 4.78 is 0. The highest BCUT2D eigenvalue weighted by Crippen LogP contribution is 2.26. The molecule has 1 aromatic heterocycles. The second-order valence-electron chi connectivity index (χ2n) is 5.81. The van der Waals surface area contributed by atoms with Gasteiger partial charge in [0.25, 0.3) is 0 Å². The average Bonchev–Trinajstić information content (AvgIpc) is 2.58. The van der Waals surface area contributed by atoms with Crippen LogP contribution in [0.1, 0.15) is 38.7 Å². The van der Waals surface area contributed by atoms with Gasteiger partial charge < -0.3 is 0 Å². The van der Waals surface area contributed by atoms with Gasteiger partial charge in [0.1, 0.15) is 5.15 Å². The maximum Gasteiger partial charge on any atom is 0.130 e. The molecule has 2 nitrogen and oxygen atoms in total. The molecule has 1 unspecified atom stereocenters. The Morgan fingerprint density at radius 2 is 2.11 bits per heavy atom. The second-order valence-corrected chi connectivity index (χ2v) is 6.60. The van der Waals surface area contributed by atoms with Gasteiger partial charge in [-0.2, -0.15) is 0 Å². The first-order valence-corrected chi connectivity index (χ1v) is 7.84. The lowest BCUT2D eigenvalue weighted by Crippen LogP contribution is -2.24. The lowest BCUT2D eigenvalue weighted by molar-refractivity contribution is 0.264. The van der Waals surface area contributed by atoms with Crippen molar-refractivity contribution in [2.75, 3.05) is 13.1 Å². The van der Waals surface area contributed by atoms with Crippen LogP contribution in [0.25, 0.3) is 0 Å². The highest BCUT2D eigenvalue weighted by atomic mass is 35.5. The zero-order valence-corrected chi connectivity index (χ0v) is 13.2. The monoisotopic (exact) mass is 300 g/mol. The van der Waals surface area contributed by atoms with Crippen molar-refractivity contribution in [2.45, 2.75) is 39.7 Å². The smallest absolute Gasteiger partial charge is 0.130 e. The van der Waals surface area contributed by atoms with Gasteiger partial charge in [0, 0.05) is 23.3 Å². The van der Waals surface area contributed by atoms with Crippen molar-refractivity contribution in [1.29, 1.82) is 0 Å². The van der Waals surface area contributed by atoms with Crippen molar-refractivity contribution in [3.05, 3.63) is 28.0 Å². The van der Waals surface area contributed by atoms with Crippen LogP contribution in [0.3, 0.4) is 0 Å². The van der Waals surface area contributed by atoms with E-state index in [1.54, 1.807) is 12.3 Å². The molecule has 2 heterocycles. The molecule has 1 aliphatic heterocycles. The maximum atomic E-state index is 6.22. The summed E-state index contributed by atoms with van der Waals surface area (Å²) in [4.78, 5) is 6.61. The third-order valence-electron chi connectivity index (χ3n) is 4.10. The first-order valence-electron chi connectivity index (χ1n) is 7.08. The van der Waals surface area contributed by atoms with Crippen LogP contribution in [0.15, 0.2) is 12.3 Å². The quantitative estimate of drug-likeness (QED) is 0.756. The lowest BCUT2D eigenvalue weighted by Gasteiger charge is -2.21. The van der Waals surface area contributed by atoms with Gasteiger partial charge in [-0.25, -0.2) is 4.98 Å². The zero-order chi connectivity index (χ0) is 13.8. The largest absolute Gasteiger partial charge is 0.299 e. The highest BCUT2D eigenvalue weighted by molar-refractivity contribution is 6.34. The molecular weight excluding hydrogens is 279 g/mol. The molecule has 0 aliphatic carbocycles. The van der Waals surface area contributed by atoms with Gasteiger partial charge in [0.15, 0.2) is 0 Å². The Hall–Kier alpha value is -0.310. The molecule has 0 aromatic carbocycles. The number of hydrogen-bond donors (Lipinski definition) is 0. The molecule has 0 spiro atoms. The van der Waals surface area contributed by atoms with Crippen LogP contribution in [0.2, 0.25) is 10.2 Å². The Balaban J connectivity index is 1.96. The van der Waals surface area contributed by atoms with E-state index in [0.717, 1.165) is 42.1 Å². The van der Waals surface area contributed by atoms with Crippen LogP contribution in [0, 0.1) is 11.8 Å². The Morgan fingerprint density at radius 1 is 1.32 bits per heavy atom. The predicted molar refractivity (Wildman–Crippen MR) is 81.7 cm³/mol. The molecule has 0 bridgehead atoms. The molecule has 0 saturated carbocycles. The summed E-state index contributed by atoms with van der Waals surface area (Å²) in [6, 6.07) is 1.73. The van der Waals surface area contributed by atoms with E-state index in [2.05, 4.69) is 23.7 Å². The van der Waals surface area contributed by atoms with E-state index in [0.29, 0.717) is 5.15 Å². The van der Waals surface area contributed by atoms with Gasteiger partial charge in [-0.1, -0.05) is 37.0 Å². The number of nitrogens with zero attached hydrogens (tertiary/aromatic N) is 2. The molecule has 0 N–H and O–H groups in total. The summed E-state index contributed by atoms with van der Waals surface area (Å²) in [6.07, 6.45) is 5.72. The molecule has 2 rings (SSSR count). The predicted octanol–water partition coefficient (Wildman–Crippen LogP) is 4.65. The van der Waals surface area contributed by atoms with Crippen molar-refractivity contribution in [1.82, 2.24) is 9.88 Å². The van der Waals surface area contributed by atoms with Crippen molar-refractivity contribution in [3.8, 4) is 0 Å². The van der Waals surface area contributed by atoms with Crippen LogP contribution < -0.4 is 0 Å². The van der Waals surface area contributed by atoms with E-state index >= 15 is 0 Å². The molecule has 1 aliphatic rings. The third kappa shape index (κ3) is 4.34. The molecule has 0 radical (unpaired) electrons. The number of halogens is 2. The number of likely N-dealkylation sites (tertiary alicyclic amines) is 1. The molecule has 1 saturated heterocycles. The molecule has 1 aromatic rings. The fourth-order valence-electron chi connectivity index (χ4n) is 2.80. The third-order valence-corrected chi connectivity index (χ3v) is 4.66. The van der Waals surface area contributed by atoms with E-state index in [4.69, 9.17) is 23.2 Å². The fourth-order valence-corrected chi connectivity index (χ4v) is 3.23. The molecule has 1 atom stereocenters. The van der Waals surface area contributed by atoms with Crippen LogP contribution in [0.5, 0.6) is 0 Å². The van der Waals surface area contributed by atoms with Crippen LogP contribution in [-0.2, 0) is 6.54 Å². The van der Waals surface area contributed by atoms with E-state index in [1.807, 2.05) is 0 Å². The molecule has 0 amide bonds. The SMILES string of the molecule is CC(C)C1CCCN(Cc2cnc(Cl)cc2Cl)CC1. The van der Waals surface area contributed by atoms with E-state index in [1.165, 1.54) is 19.3 Å². The van der Waals surface area contributed by atoms with Crippen molar-refractivity contribution < 1.29 is 0 Å². The van der Waals surface area contributed by atoms with Crippen molar-refractivity contribution >= 4 is 23.2 Å². The second kappa shape index (κ2) is 6.92. The zero-order valence-electron chi connectivity index (χ0n) is 11.7. The summed E-state index contributed by atoms with van der Waals surface area (Å²) in [5.41, 5.74) is 1.08. The Labute approximate surface area is 126 Å². The summed E-state index contributed by atoms with van der Waals surface area (Å²) in [5, 5.41) is 1.19. The first-order chi connectivity index (χ1) is 9.06. The number of hydrogen-bond acceptors (Lipinski definition) is 2. The minimum Gasteiger partial charge on any atom is -0.299 e. The number of aromatic nitrogens is 1. The summed E-state index contributed by atoms with van der Waals surface area (Å²) >= 11 is 12.0. The van der Waals surface area contributed by atoms with E-state index in [9.17, 15) is 0 Å². The van der Waals surface area contributed by atoms with Crippen LogP contribution in [0.4, 0.5) is 0 Å². The average molecular weight is 301 g/mol. The normalized spacial score (nSPS) is 21.6. The van der Waals surface area contributed by atoms with Crippen LogP contribution >= 0.6 is 23.2 Å². The summed E-state index contributed by atoms with van der Waals surface area (Å²) in [6.45, 7) is 7.86. The Kier molecular flexibility index (Phi) is 5.49. The minimum absolute atomic E-state index is 0.462. The highest BCUT2D eigenvalue weighted by Gasteiger charge is 2.20. The maximum absolute atomic E-state index is 6.22. The summed E-state index contributed by atoms with van der Waals surface area (Å²) in [5.74, 6) is 1.66. The Morgan fingerprint density at radius 3 is 2.79 bits per heavy atom. The van der Waals surface area contributed by atoms with E-state index in [-0.39, 0.29) is 0 Å². The molecule has 1 fully saturated rings. The lowest BCUT2D eigenvalue weighted by atomic mass is 9.89. The van der Waals surface area contributed by atoms with E-state index < -0.39 is 0 Å². The first kappa shape index (κ1) is 15.1. The molecule has 19 heavy (non-hydrogen) atoms. The standard InChI is InChI=1S/C15H22Cl2N2/c1-11(2)12-4-3-6-19(7-5-12)10-13-9-18-15(17)8-14(13)16/h8-9,11-12H,3-7,10H2,1-2H3. The van der Waals surface area contributed by atoms with Gasteiger partial charge in [-0.3, -0.25) is 4.90 Å². The molecular formula is C15H22Cl2N2. The Bertz CT molecular complexity index is 421.